The third-order valence-corrected chi connectivity index (χ3v) is 2.03. The summed E-state index contributed by atoms with van der Waals surface area (Å²) >= 11 is 0. The molecule has 4 heteroatoms. The van der Waals surface area contributed by atoms with Gasteiger partial charge in [0.15, 0.2) is 0 Å². The molecule has 0 aliphatic rings. The number of carbonyl (C=O) groups excluding carboxylic acids is 2. The molecule has 1 N–H and O–H groups in total. The minimum atomic E-state index is -0.0866. The zero-order chi connectivity index (χ0) is 11.8. The summed E-state index contributed by atoms with van der Waals surface area (Å²) in [6.07, 6.45) is 0.507. The first-order valence-electron chi connectivity index (χ1n) is 5.55. The van der Waals surface area contributed by atoms with Crippen LogP contribution in [-0.2, 0) is 9.59 Å². The topological polar surface area (TPSA) is 49.4 Å². The van der Waals surface area contributed by atoms with Gasteiger partial charge < -0.3 is 10.2 Å². The average Bonchev–Trinajstić information content (AvgIpc) is 2.13. The van der Waals surface area contributed by atoms with Crippen LogP contribution in [0, 0.1) is 5.92 Å². The number of rotatable bonds is 6. The van der Waals surface area contributed by atoms with E-state index in [1.54, 1.807) is 4.90 Å². The van der Waals surface area contributed by atoms with Gasteiger partial charge in [0, 0.05) is 19.5 Å². The third kappa shape index (κ3) is 6.10. The van der Waals surface area contributed by atoms with E-state index in [9.17, 15) is 9.59 Å². The van der Waals surface area contributed by atoms with E-state index >= 15 is 0 Å². The van der Waals surface area contributed by atoms with Gasteiger partial charge in [-0.3, -0.25) is 9.59 Å². The minimum absolute atomic E-state index is 0.0544. The molecule has 0 aliphatic carbocycles. The first kappa shape index (κ1) is 13.9. The third-order valence-electron chi connectivity index (χ3n) is 2.03. The number of amides is 2. The van der Waals surface area contributed by atoms with Crippen LogP contribution in [0.25, 0.3) is 0 Å². The molecule has 0 fully saturated rings. The van der Waals surface area contributed by atoms with Crippen molar-refractivity contribution < 1.29 is 9.59 Å². The number of nitrogens with one attached hydrogen (secondary N) is 1. The predicted octanol–water partition coefficient (Wildman–Crippen LogP) is 1.02. The van der Waals surface area contributed by atoms with E-state index in [0.717, 1.165) is 0 Å². The molecule has 2 amide bonds. The smallest absolute Gasteiger partial charge is 0.239 e. The molecule has 0 saturated heterocycles. The van der Waals surface area contributed by atoms with E-state index < -0.39 is 0 Å². The zero-order valence-corrected chi connectivity index (χ0v) is 10.2. The molecule has 0 aliphatic heterocycles. The Labute approximate surface area is 92.0 Å². The Kier molecular flexibility index (Phi) is 6.75. The summed E-state index contributed by atoms with van der Waals surface area (Å²) in [5, 5.41) is 2.69. The molecule has 0 saturated carbocycles. The van der Waals surface area contributed by atoms with Crippen LogP contribution in [0.1, 0.15) is 34.1 Å². The number of hydrogen-bond acceptors (Lipinski definition) is 2. The van der Waals surface area contributed by atoms with Crippen molar-refractivity contribution in [3.8, 4) is 0 Å². The number of hydrogen-bond donors (Lipinski definition) is 1. The highest BCUT2D eigenvalue weighted by atomic mass is 16.2. The summed E-state index contributed by atoms with van der Waals surface area (Å²) in [6, 6.07) is 0. The van der Waals surface area contributed by atoms with Gasteiger partial charge in [-0.25, -0.2) is 0 Å². The molecule has 88 valence electrons. The average molecular weight is 214 g/mol. The molecule has 0 heterocycles. The normalized spacial score (nSPS) is 10.2. The molecule has 0 bridgehead atoms. The largest absolute Gasteiger partial charge is 0.355 e. The van der Waals surface area contributed by atoms with Crippen molar-refractivity contribution in [2.45, 2.75) is 34.1 Å². The highest BCUT2D eigenvalue weighted by Crippen LogP contribution is 2.03. The summed E-state index contributed by atoms with van der Waals surface area (Å²) in [7, 11) is 0. The Morgan fingerprint density at radius 2 is 1.87 bits per heavy atom. The maximum absolute atomic E-state index is 11.7. The van der Waals surface area contributed by atoms with Crippen LogP contribution in [0.5, 0.6) is 0 Å². The van der Waals surface area contributed by atoms with Gasteiger partial charge in [-0.2, -0.15) is 0 Å². The highest BCUT2D eigenvalue weighted by molar-refractivity contribution is 5.84. The molecule has 15 heavy (non-hydrogen) atoms. The van der Waals surface area contributed by atoms with Crippen molar-refractivity contribution in [3.05, 3.63) is 0 Å². The number of carbonyl (C=O) groups is 2. The van der Waals surface area contributed by atoms with Crippen LogP contribution < -0.4 is 5.32 Å². The molecule has 0 aromatic heterocycles. The summed E-state index contributed by atoms with van der Waals surface area (Å²) in [5.74, 6) is 0.302. The van der Waals surface area contributed by atoms with E-state index in [1.165, 1.54) is 0 Å². The van der Waals surface area contributed by atoms with E-state index in [1.807, 2.05) is 27.7 Å². The van der Waals surface area contributed by atoms with E-state index in [0.29, 0.717) is 25.4 Å². The molecule has 0 atom stereocenters. The standard InChI is InChI=1S/C11H22N2O2/c1-5-12-10(14)8-13(6-2)11(15)7-9(3)4/h9H,5-8H2,1-4H3,(H,12,14). The maximum Gasteiger partial charge on any atom is 0.239 e. The molecule has 0 aromatic carbocycles. The molecular formula is C11H22N2O2. The Hall–Kier alpha value is -1.06. The lowest BCUT2D eigenvalue weighted by atomic mass is 10.1. The minimum Gasteiger partial charge on any atom is -0.355 e. The lowest BCUT2D eigenvalue weighted by Crippen LogP contribution is -2.40. The van der Waals surface area contributed by atoms with Gasteiger partial charge in [0.25, 0.3) is 0 Å². The predicted molar refractivity (Wildman–Crippen MR) is 60.4 cm³/mol. The molecule has 0 radical (unpaired) electrons. The van der Waals surface area contributed by atoms with Crippen molar-refractivity contribution >= 4 is 11.8 Å². The van der Waals surface area contributed by atoms with Gasteiger partial charge in [0.2, 0.25) is 11.8 Å². The zero-order valence-electron chi connectivity index (χ0n) is 10.2. The first-order valence-corrected chi connectivity index (χ1v) is 5.55. The van der Waals surface area contributed by atoms with Gasteiger partial charge >= 0.3 is 0 Å². The molecular weight excluding hydrogens is 192 g/mol. The van der Waals surface area contributed by atoms with Gasteiger partial charge in [-0.05, 0) is 19.8 Å². The quantitative estimate of drug-likeness (QED) is 0.717. The van der Waals surface area contributed by atoms with Crippen molar-refractivity contribution in [1.82, 2.24) is 10.2 Å². The monoisotopic (exact) mass is 214 g/mol. The second-order valence-corrected chi connectivity index (χ2v) is 3.96. The van der Waals surface area contributed by atoms with Crippen molar-refractivity contribution in [2.75, 3.05) is 19.6 Å². The fourth-order valence-corrected chi connectivity index (χ4v) is 1.28. The fourth-order valence-electron chi connectivity index (χ4n) is 1.28. The Bertz CT molecular complexity index is 215. The molecule has 4 nitrogen and oxygen atoms in total. The molecule has 0 unspecified atom stereocenters. The fraction of sp³-hybridized carbons (Fsp3) is 0.818. The van der Waals surface area contributed by atoms with E-state index in [4.69, 9.17) is 0 Å². The van der Waals surface area contributed by atoms with Crippen molar-refractivity contribution in [2.24, 2.45) is 5.92 Å². The lowest BCUT2D eigenvalue weighted by molar-refractivity contribution is -0.136. The van der Waals surface area contributed by atoms with Gasteiger partial charge in [0.1, 0.15) is 0 Å². The molecule has 0 spiro atoms. The van der Waals surface area contributed by atoms with Crippen molar-refractivity contribution in [3.63, 3.8) is 0 Å². The van der Waals surface area contributed by atoms with Gasteiger partial charge in [-0.1, -0.05) is 13.8 Å². The summed E-state index contributed by atoms with van der Waals surface area (Å²) in [6.45, 7) is 9.12. The van der Waals surface area contributed by atoms with Crippen LogP contribution >= 0.6 is 0 Å². The number of likely N-dealkylation sites (N-methyl/N-ethyl adjacent to an activating group) is 2. The summed E-state index contributed by atoms with van der Waals surface area (Å²) in [4.78, 5) is 24.6. The highest BCUT2D eigenvalue weighted by Gasteiger charge is 2.15. The van der Waals surface area contributed by atoms with Gasteiger partial charge in [-0.15, -0.1) is 0 Å². The summed E-state index contributed by atoms with van der Waals surface area (Å²) in [5.41, 5.74) is 0. The first-order chi connectivity index (χ1) is 7.01. The van der Waals surface area contributed by atoms with Crippen LogP contribution in [0.2, 0.25) is 0 Å². The molecule has 0 rings (SSSR count). The second-order valence-electron chi connectivity index (χ2n) is 3.96. The number of nitrogens with zero attached hydrogens (tertiary/aromatic N) is 1. The lowest BCUT2D eigenvalue weighted by Gasteiger charge is -2.21. The molecule has 0 aromatic rings. The van der Waals surface area contributed by atoms with Gasteiger partial charge in [0.05, 0.1) is 6.54 Å². The van der Waals surface area contributed by atoms with Crippen molar-refractivity contribution in [1.29, 1.82) is 0 Å². The summed E-state index contributed by atoms with van der Waals surface area (Å²) < 4.78 is 0. The Morgan fingerprint density at radius 3 is 2.27 bits per heavy atom. The van der Waals surface area contributed by atoms with E-state index in [2.05, 4.69) is 5.32 Å². The van der Waals surface area contributed by atoms with Crippen LogP contribution in [-0.4, -0.2) is 36.3 Å². The second kappa shape index (κ2) is 7.26. The maximum atomic E-state index is 11.7. The van der Waals surface area contributed by atoms with Crippen LogP contribution in [0.4, 0.5) is 0 Å². The van der Waals surface area contributed by atoms with E-state index in [-0.39, 0.29) is 18.4 Å². The van der Waals surface area contributed by atoms with Crippen LogP contribution in [0.15, 0.2) is 0 Å². The Balaban J connectivity index is 4.12. The van der Waals surface area contributed by atoms with Crippen LogP contribution in [0.3, 0.4) is 0 Å². The Morgan fingerprint density at radius 1 is 1.27 bits per heavy atom. The SMILES string of the molecule is CCNC(=O)CN(CC)C(=O)CC(C)C.